The molecule has 1 aliphatic heterocycles. The van der Waals surface area contributed by atoms with Crippen molar-refractivity contribution in [3.8, 4) is 11.5 Å². The molecule has 0 radical (unpaired) electrons. The van der Waals surface area contributed by atoms with Crippen molar-refractivity contribution in [2.45, 2.75) is 0 Å². The minimum atomic E-state index is 0.432. The van der Waals surface area contributed by atoms with E-state index in [1.54, 1.807) is 6.07 Å². The summed E-state index contributed by atoms with van der Waals surface area (Å²) in [5.74, 6) is 1.33. The molecule has 3 rings (SSSR count). The Labute approximate surface area is 103 Å². The van der Waals surface area contributed by atoms with Gasteiger partial charge >= 0.3 is 0 Å². The van der Waals surface area contributed by atoms with Gasteiger partial charge in [-0.1, -0.05) is 35.3 Å². The maximum atomic E-state index is 6.08. The maximum absolute atomic E-state index is 6.08. The predicted octanol–water partition coefficient (Wildman–Crippen LogP) is 4.84. The van der Waals surface area contributed by atoms with Gasteiger partial charge in [-0.3, -0.25) is 0 Å². The molecule has 1 heterocycles. The van der Waals surface area contributed by atoms with Crippen molar-refractivity contribution in [2.24, 2.45) is 0 Å². The van der Waals surface area contributed by atoms with Crippen molar-refractivity contribution in [3.63, 3.8) is 0 Å². The van der Waals surface area contributed by atoms with Gasteiger partial charge < -0.3 is 10.1 Å². The Bertz CT molecular complexity index is 569. The fraction of sp³-hybridized carbons (Fsp3) is 0. The topological polar surface area (TPSA) is 21.3 Å². The standard InChI is InChI=1S/C12H7Cl2NO/c13-7-5-6-9-12(11(7)14)16-10-4-2-1-3-8(10)15-9/h1-6,15H. The van der Waals surface area contributed by atoms with Crippen molar-refractivity contribution in [3.05, 3.63) is 46.4 Å². The Hall–Kier alpha value is -1.38. The first-order chi connectivity index (χ1) is 7.75. The Morgan fingerprint density at radius 2 is 1.75 bits per heavy atom. The van der Waals surface area contributed by atoms with Gasteiger partial charge in [0, 0.05) is 0 Å². The molecular formula is C12H7Cl2NO. The molecule has 2 nitrogen and oxygen atoms in total. The molecule has 80 valence electrons. The SMILES string of the molecule is Clc1ccc2c(c1Cl)Oc1ccccc1N2. The van der Waals surface area contributed by atoms with Gasteiger partial charge in [-0.2, -0.15) is 0 Å². The Morgan fingerprint density at radius 1 is 0.938 bits per heavy atom. The number of anilines is 2. The average Bonchev–Trinajstić information content (AvgIpc) is 2.32. The van der Waals surface area contributed by atoms with Gasteiger partial charge in [-0.25, -0.2) is 0 Å². The molecule has 0 saturated carbocycles. The van der Waals surface area contributed by atoms with E-state index in [1.807, 2.05) is 30.3 Å². The summed E-state index contributed by atoms with van der Waals surface area (Å²) in [6, 6.07) is 11.3. The average molecular weight is 252 g/mol. The normalized spacial score (nSPS) is 12.1. The van der Waals surface area contributed by atoms with Crippen LogP contribution in [0.1, 0.15) is 0 Å². The molecule has 0 aromatic heterocycles. The highest BCUT2D eigenvalue weighted by atomic mass is 35.5. The lowest BCUT2D eigenvalue weighted by molar-refractivity contribution is 0.481. The molecule has 0 bridgehead atoms. The number of para-hydroxylation sites is 2. The highest BCUT2D eigenvalue weighted by Crippen LogP contribution is 2.47. The van der Waals surface area contributed by atoms with E-state index in [9.17, 15) is 0 Å². The lowest BCUT2D eigenvalue weighted by Gasteiger charge is -2.22. The molecule has 1 N–H and O–H groups in total. The molecule has 0 amide bonds. The van der Waals surface area contributed by atoms with Gasteiger partial charge in [0.1, 0.15) is 5.02 Å². The maximum Gasteiger partial charge on any atom is 0.171 e. The number of fused-ring (bicyclic) bond motifs is 2. The molecule has 1 aliphatic rings. The predicted molar refractivity (Wildman–Crippen MR) is 66.3 cm³/mol. The van der Waals surface area contributed by atoms with E-state index in [-0.39, 0.29) is 0 Å². The first-order valence-electron chi connectivity index (χ1n) is 4.77. The van der Waals surface area contributed by atoms with Gasteiger partial charge in [0.25, 0.3) is 0 Å². The van der Waals surface area contributed by atoms with E-state index in [0.29, 0.717) is 15.8 Å². The minimum absolute atomic E-state index is 0.432. The summed E-state index contributed by atoms with van der Waals surface area (Å²) < 4.78 is 5.71. The van der Waals surface area contributed by atoms with Gasteiger partial charge in [-0.15, -0.1) is 0 Å². The molecule has 0 aliphatic carbocycles. The first kappa shape index (κ1) is 9.82. The Balaban J connectivity index is 2.16. The lowest BCUT2D eigenvalue weighted by Crippen LogP contribution is -2.02. The van der Waals surface area contributed by atoms with Crippen LogP contribution in [0.25, 0.3) is 0 Å². The Kier molecular flexibility index (Phi) is 2.20. The fourth-order valence-electron chi connectivity index (χ4n) is 1.64. The molecular weight excluding hydrogens is 245 g/mol. The van der Waals surface area contributed by atoms with E-state index >= 15 is 0 Å². The third-order valence-electron chi connectivity index (χ3n) is 2.42. The van der Waals surface area contributed by atoms with E-state index in [2.05, 4.69) is 5.32 Å². The number of hydrogen-bond donors (Lipinski definition) is 1. The van der Waals surface area contributed by atoms with Gasteiger partial charge in [0.15, 0.2) is 11.5 Å². The summed E-state index contributed by atoms with van der Waals surface area (Å²) in [7, 11) is 0. The zero-order valence-electron chi connectivity index (χ0n) is 8.13. The van der Waals surface area contributed by atoms with Crippen LogP contribution in [0.2, 0.25) is 10.0 Å². The van der Waals surface area contributed by atoms with Gasteiger partial charge in [0.2, 0.25) is 0 Å². The van der Waals surface area contributed by atoms with Crippen LogP contribution in [0.15, 0.2) is 36.4 Å². The molecule has 0 unspecified atom stereocenters. The van der Waals surface area contributed by atoms with Crippen LogP contribution in [-0.4, -0.2) is 0 Å². The van der Waals surface area contributed by atoms with E-state index in [1.165, 1.54) is 0 Å². The van der Waals surface area contributed by atoms with Crippen LogP contribution in [0.4, 0.5) is 11.4 Å². The number of ether oxygens (including phenoxy) is 1. The summed E-state index contributed by atoms with van der Waals surface area (Å²) in [5, 5.41) is 4.16. The third-order valence-corrected chi connectivity index (χ3v) is 3.21. The zero-order valence-corrected chi connectivity index (χ0v) is 9.64. The molecule has 0 atom stereocenters. The van der Waals surface area contributed by atoms with Crippen molar-refractivity contribution < 1.29 is 4.74 Å². The quantitative estimate of drug-likeness (QED) is 0.617. The van der Waals surface area contributed by atoms with Crippen LogP contribution in [0.3, 0.4) is 0 Å². The van der Waals surface area contributed by atoms with E-state index < -0.39 is 0 Å². The van der Waals surface area contributed by atoms with Gasteiger partial charge in [-0.05, 0) is 24.3 Å². The first-order valence-corrected chi connectivity index (χ1v) is 5.53. The number of rotatable bonds is 0. The second kappa shape index (κ2) is 3.58. The number of benzene rings is 2. The largest absolute Gasteiger partial charge is 0.451 e. The highest BCUT2D eigenvalue weighted by molar-refractivity contribution is 6.43. The van der Waals surface area contributed by atoms with Crippen molar-refractivity contribution in [1.82, 2.24) is 0 Å². The van der Waals surface area contributed by atoms with Gasteiger partial charge in [0.05, 0.1) is 16.4 Å². The molecule has 0 fully saturated rings. The summed E-state index contributed by atoms with van der Waals surface area (Å²) in [6.07, 6.45) is 0. The highest BCUT2D eigenvalue weighted by Gasteiger charge is 2.19. The molecule has 0 saturated heterocycles. The molecule has 4 heteroatoms. The van der Waals surface area contributed by atoms with Crippen LogP contribution in [0.5, 0.6) is 11.5 Å². The molecule has 0 spiro atoms. The number of halogens is 2. The monoisotopic (exact) mass is 251 g/mol. The Morgan fingerprint density at radius 3 is 2.62 bits per heavy atom. The number of hydrogen-bond acceptors (Lipinski definition) is 2. The summed E-state index contributed by atoms with van der Waals surface area (Å²) in [4.78, 5) is 0. The fourth-order valence-corrected chi connectivity index (χ4v) is 2.00. The van der Waals surface area contributed by atoms with E-state index in [4.69, 9.17) is 27.9 Å². The van der Waals surface area contributed by atoms with Crippen LogP contribution >= 0.6 is 23.2 Å². The van der Waals surface area contributed by atoms with Crippen molar-refractivity contribution in [1.29, 1.82) is 0 Å². The summed E-state index contributed by atoms with van der Waals surface area (Å²) in [6.45, 7) is 0. The van der Waals surface area contributed by atoms with E-state index in [0.717, 1.165) is 17.1 Å². The number of nitrogens with one attached hydrogen (secondary N) is 1. The minimum Gasteiger partial charge on any atom is -0.451 e. The summed E-state index contributed by atoms with van der Waals surface area (Å²) in [5.41, 5.74) is 1.75. The summed E-state index contributed by atoms with van der Waals surface area (Å²) >= 11 is 12.0. The molecule has 2 aromatic carbocycles. The molecule has 16 heavy (non-hydrogen) atoms. The van der Waals surface area contributed by atoms with Crippen molar-refractivity contribution in [2.75, 3.05) is 5.32 Å². The van der Waals surface area contributed by atoms with Crippen LogP contribution in [0, 0.1) is 0 Å². The second-order valence-corrected chi connectivity index (χ2v) is 4.25. The van der Waals surface area contributed by atoms with Crippen molar-refractivity contribution >= 4 is 34.6 Å². The zero-order chi connectivity index (χ0) is 11.1. The smallest absolute Gasteiger partial charge is 0.171 e. The van der Waals surface area contributed by atoms with Crippen LogP contribution < -0.4 is 10.1 Å². The molecule has 2 aromatic rings. The third kappa shape index (κ3) is 1.42. The van der Waals surface area contributed by atoms with Crippen LogP contribution in [-0.2, 0) is 0 Å². The lowest BCUT2D eigenvalue weighted by atomic mass is 10.2. The second-order valence-electron chi connectivity index (χ2n) is 3.46.